The first kappa shape index (κ1) is 18.2. The third-order valence-electron chi connectivity index (χ3n) is 5.24. The number of nitrogens with two attached hydrogens (primary N) is 1. The van der Waals surface area contributed by atoms with Crippen LogP contribution in [0, 0.1) is 5.92 Å². The molecule has 1 unspecified atom stereocenters. The Balaban J connectivity index is 1.89. The molecule has 5 heteroatoms. The fourth-order valence-electron chi connectivity index (χ4n) is 3.88. The smallest absolute Gasteiger partial charge is 0.225 e. The lowest BCUT2D eigenvalue weighted by Gasteiger charge is -2.28. The van der Waals surface area contributed by atoms with Crippen LogP contribution < -0.4 is 11.1 Å². The van der Waals surface area contributed by atoms with Crippen LogP contribution in [0.1, 0.15) is 70.6 Å². The largest absolute Gasteiger partial charge is 0.355 e. The summed E-state index contributed by atoms with van der Waals surface area (Å²) in [7, 11) is 0. The zero-order chi connectivity index (χ0) is 16.5. The minimum absolute atomic E-state index is 0.0111. The average molecular weight is 323 g/mol. The molecule has 0 aromatic carbocycles. The average Bonchev–Trinajstić information content (AvgIpc) is 2.90. The molecular weight excluding hydrogens is 290 g/mol. The highest BCUT2D eigenvalue weighted by molar-refractivity contribution is 5.89. The molecule has 1 saturated heterocycles. The van der Waals surface area contributed by atoms with Gasteiger partial charge in [0.25, 0.3) is 0 Å². The first-order valence-corrected chi connectivity index (χ1v) is 9.49. The van der Waals surface area contributed by atoms with Gasteiger partial charge in [-0.25, -0.2) is 0 Å². The number of nitrogens with zero attached hydrogens (tertiary/aromatic N) is 1. The summed E-state index contributed by atoms with van der Waals surface area (Å²) in [4.78, 5) is 26.5. The van der Waals surface area contributed by atoms with Gasteiger partial charge in [0, 0.05) is 32.1 Å². The van der Waals surface area contributed by atoms with E-state index in [1.54, 1.807) is 0 Å². The maximum Gasteiger partial charge on any atom is 0.225 e. The van der Waals surface area contributed by atoms with E-state index in [9.17, 15) is 9.59 Å². The summed E-state index contributed by atoms with van der Waals surface area (Å²) in [5.74, 6) is -0.0343. The molecule has 23 heavy (non-hydrogen) atoms. The molecule has 2 fully saturated rings. The molecule has 3 N–H and O–H groups in total. The lowest BCUT2D eigenvalue weighted by molar-refractivity contribution is -0.130. The van der Waals surface area contributed by atoms with E-state index < -0.39 is 0 Å². The Labute approximate surface area is 140 Å². The Morgan fingerprint density at radius 3 is 2.17 bits per heavy atom. The molecule has 132 valence electrons. The molecule has 0 radical (unpaired) electrons. The predicted molar refractivity (Wildman–Crippen MR) is 91.8 cm³/mol. The summed E-state index contributed by atoms with van der Waals surface area (Å²) in [6.45, 7) is 1.53. The van der Waals surface area contributed by atoms with Crippen LogP contribution in [-0.2, 0) is 9.59 Å². The van der Waals surface area contributed by atoms with Crippen molar-refractivity contribution in [2.75, 3.05) is 19.6 Å². The number of hydrogen-bond donors (Lipinski definition) is 2. The van der Waals surface area contributed by atoms with Crippen LogP contribution in [0.25, 0.3) is 0 Å². The van der Waals surface area contributed by atoms with Crippen LogP contribution >= 0.6 is 0 Å². The van der Waals surface area contributed by atoms with E-state index in [0.717, 1.165) is 12.8 Å². The summed E-state index contributed by atoms with van der Waals surface area (Å²) in [6.07, 6.45) is 12.9. The van der Waals surface area contributed by atoms with Gasteiger partial charge in [0.1, 0.15) is 0 Å². The topological polar surface area (TPSA) is 75.4 Å². The Morgan fingerprint density at radius 2 is 1.61 bits per heavy atom. The molecule has 0 aromatic heterocycles. The van der Waals surface area contributed by atoms with E-state index in [4.69, 9.17) is 5.73 Å². The van der Waals surface area contributed by atoms with Crippen molar-refractivity contribution in [1.82, 2.24) is 10.2 Å². The lowest BCUT2D eigenvalue weighted by Crippen LogP contribution is -2.39. The Bertz CT molecular complexity index is 374. The fourth-order valence-corrected chi connectivity index (χ4v) is 3.88. The maximum absolute atomic E-state index is 12.4. The van der Waals surface area contributed by atoms with Crippen LogP contribution in [-0.4, -0.2) is 42.4 Å². The molecule has 0 spiro atoms. The Hall–Kier alpha value is -1.10. The second-order valence-corrected chi connectivity index (χ2v) is 7.09. The third-order valence-corrected chi connectivity index (χ3v) is 5.24. The lowest BCUT2D eigenvalue weighted by atomic mass is 10.0. The van der Waals surface area contributed by atoms with E-state index in [-0.39, 0.29) is 17.7 Å². The highest BCUT2D eigenvalue weighted by Gasteiger charge is 2.37. The summed E-state index contributed by atoms with van der Waals surface area (Å²) >= 11 is 0. The molecule has 1 saturated carbocycles. The first-order chi connectivity index (χ1) is 11.2. The monoisotopic (exact) mass is 323 g/mol. The van der Waals surface area contributed by atoms with Crippen molar-refractivity contribution in [3.63, 3.8) is 0 Å². The van der Waals surface area contributed by atoms with E-state index >= 15 is 0 Å². The van der Waals surface area contributed by atoms with Gasteiger partial charge in [-0.15, -0.1) is 0 Å². The number of rotatable bonds is 4. The Morgan fingerprint density at radius 1 is 1.04 bits per heavy atom. The SMILES string of the molecule is NCCNC(=O)C1CC(=O)N(C2CCCCCCCCCC2)C1. The van der Waals surface area contributed by atoms with Gasteiger partial charge in [0.05, 0.1) is 5.92 Å². The van der Waals surface area contributed by atoms with Crippen LogP contribution in [0.15, 0.2) is 0 Å². The standard InChI is InChI=1S/C18H33N3O2/c19-11-12-20-18(23)15-13-17(22)21(14-15)16-9-7-5-3-1-2-4-6-8-10-16/h15-16H,1-14,19H2,(H,20,23). The van der Waals surface area contributed by atoms with Gasteiger partial charge >= 0.3 is 0 Å². The van der Waals surface area contributed by atoms with E-state index in [0.29, 0.717) is 32.1 Å². The van der Waals surface area contributed by atoms with E-state index in [1.165, 1.54) is 51.4 Å². The summed E-state index contributed by atoms with van der Waals surface area (Å²) in [6, 6.07) is 0.341. The van der Waals surface area contributed by atoms with Crippen molar-refractivity contribution in [3.8, 4) is 0 Å². The minimum atomic E-state index is -0.188. The van der Waals surface area contributed by atoms with Crippen molar-refractivity contribution in [2.45, 2.75) is 76.7 Å². The fraction of sp³-hybridized carbons (Fsp3) is 0.889. The van der Waals surface area contributed by atoms with Crippen LogP contribution in [0.4, 0.5) is 0 Å². The predicted octanol–water partition coefficient (Wildman–Crippen LogP) is 2.19. The van der Waals surface area contributed by atoms with Crippen molar-refractivity contribution < 1.29 is 9.59 Å². The highest BCUT2D eigenvalue weighted by Crippen LogP contribution is 2.27. The molecule has 2 amide bonds. The zero-order valence-corrected chi connectivity index (χ0v) is 14.4. The van der Waals surface area contributed by atoms with E-state index in [2.05, 4.69) is 5.32 Å². The van der Waals surface area contributed by atoms with Gasteiger partial charge in [-0.05, 0) is 12.8 Å². The van der Waals surface area contributed by atoms with Crippen molar-refractivity contribution >= 4 is 11.8 Å². The summed E-state index contributed by atoms with van der Waals surface area (Å²) in [5.41, 5.74) is 5.43. The van der Waals surface area contributed by atoms with Gasteiger partial charge < -0.3 is 16.0 Å². The van der Waals surface area contributed by atoms with Crippen molar-refractivity contribution in [3.05, 3.63) is 0 Å². The van der Waals surface area contributed by atoms with E-state index in [1.807, 2.05) is 4.90 Å². The normalized spacial score (nSPS) is 25.2. The number of nitrogens with one attached hydrogen (secondary N) is 1. The molecule has 1 heterocycles. The van der Waals surface area contributed by atoms with Gasteiger partial charge in [-0.2, -0.15) is 0 Å². The zero-order valence-electron chi connectivity index (χ0n) is 14.4. The quantitative estimate of drug-likeness (QED) is 0.833. The molecule has 1 aliphatic carbocycles. The van der Waals surface area contributed by atoms with Gasteiger partial charge in [-0.1, -0.05) is 51.4 Å². The summed E-state index contributed by atoms with van der Waals surface area (Å²) < 4.78 is 0. The number of carbonyl (C=O) groups excluding carboxylic acids is 2. The molecule has 1 aliphatic heterocycles. The maximum atomic E-state index is 12.4. The molecule has 2 rings (SSSR count). The molecule has 5 nitrogen and oxygen atoms in total. The van der Waals surface area contributed by atoms with Crippen LogP contribution in [0.5, 0.6) is 0 Å². The number of hydrogen-bond acceptors (Lipinski definition) is 3. The first-order valence-electron chi connectivity index (χ1n) is 9.49. The van der Waals surface area contributed by atoms with Gasteiger partial charge in [0.2, 0.25) is 11.8 Å². The minimum Gasteiger partial charge on any atom is -0.355 e. The number of amides is 2. The van der Waals surface area contributed by atoms with Gasteiger partial charge in [0.15, 0.2) is 0 Å². The van der Waals surface area contributed by atoms with Crippen LogP contribution in [0.2, 0.25) is 0 Å². The Kier molecular flexibility index (Phi) is 7.86. The number of carbonyl (C=O) groups is 2. The molecule has 0 bridgehead atoms. The second kappa shape index (κ2) is 9.91. The summed E-state index contributed by atoms with van der Waals surface area (Å²) in [5, 5.41) is 2.82. The molecule has 0 aromatic rings. The molecule has 1 atom stereocenters. The van der Waals surface area contributed by atoms with Crippen molar-refractivity contribution in [1.29, 1.82) is 0 Å². The number of likely N-dealkylation sites (tertiary alicyclic amines) is 1. The van der Waals surface area contributed by atoms with Crippen molar-refractivity contribution in [2.24, 2.45) is 11.7 Å². The third kappa shape index (κ3) is 5.79. The molecular formula is C18H33N3O2. The van der Waals surface area contributed by atoms with Gasteiger partial charge in [-0.3, -0.25) is 9.59 Å². The molecule has 2 aliphatic rings. The van der Waals surface area contributed by atoms with Crippen LogP contribution in [0.3, 0.4) is 0 Å². The second-order valence-electron chi connectivity index (χ2n) is 7.09. The highest BCUT2D eigenvalue weighted by atomic mass is 16.2.